The van der Waals surface area contributed by atoms with E-state index in [4.69, 9.17) is 4.74 Å². The standard InChI is InChI=1S/C24H26N2O4S/c1-18-14-19(2)16-21(15-18)26-31(28,29)23-10-8-22(9-11-23)30-17-24(27)25-13-12-20-6-4-3-5-7-20/h3-11,14-16,26H,12-13,17H2,1-2H3,(H,25,27). The van der Waals surface area contributed by atoms with E-state index in [1.165, 1.54) is 24.3 Å². The summed E-state index contributed by atoms with van der Waals surface area (Å²) in [5.74, 6) is 0.188. The molecule has 0 aromatic heterocycles. The number of benzene rings is 3. The zero-order valence-corrected chi connectivity index (χ0v) is 18.4. The minimum Gasteiger partial charge on any atom is -0.484 e. The van der Waals surface area contributed by atoms with E-state index >= 15 is 0 Å². The highest BCUT2D eigenvalue weighted by Crippen LogP contribution is 2.21. The third kappa shape index (κ3) is 6.86. The Kier molecular flexibility index (Phi) is 7.31. The number of ether oxygens (including phenoxy) is 1. The van der Waals surface area contributed by atoms with E-state index in [1.54, 1.807) is 12.1 Å². The minimum absolute atomic E-state index is 0.117. The van der Waals surface area contributed by atoms with E-state index in [-0.39, 0.29) is 17.4 Å². The van der Waals surface area contributed by atoms with Crippen LogP contribution in [-0.4, -0.2) is 27.5 Å². The third-order valence-electron chi connectivity index (χ3n) is 4.56. The van der Waals surface area contributed by atoms with Gasteiger partial charge in [0.05, 0.1) is 4.90 Å². The predicted octanol–water partition coefficient (Wildman–Crippen LogP) is 3.84. The number of nitrogens with one attached hydrogen (secondary N) is 2. The van der Waals surface area contributed by atoms with Crippen molar-refractivity contribution in [2.24, 2.45) is 0 Å². The van der Waals surface area contributed by atoms with Crippen molar-refractivity contribution >= 4 is 21.6 Å². The van der Waals surface area contributed by atoms with Crippen molar-refractivity contribution in [3.05, 3.63) is 89.5 Å². The maximum absolute atomic E-state index is 12.6. The van der Waals surface area contributed by atoms with Crippen LogP contribution >= 0.6 is 0 Å². The van der Waals surface area contributed by atoms with Crippen molar-refractivity contribution in [2.75, 3.05) is 17.9 Å². The lowest BCUT2D eigenvalue weighted by Gasteiger charge is -2.11. The maximum atomic E-state index is 12.6. The molecule has 0 heterocycles. The summed E-state index contributed by atoms with van der Waals surface area (Å²) in [6.45, 7) is 4.21. The van der Waals surface area contributed by atoms with Crippen LogP contribution in [0.25, 0.3) is 0 Å². The van der Waals surface area contributed by atoms with Crippen LogP contribution in [0.3, 0.4) is 0 Å². The van der Waals surface area contributed by atoms with E-state index in [2.05, 4.69) is 10.0 Å². The molecule has 162 valence electrons. The lowest BCUT2D eigenvalue weighted by Crippen LogP contribution is -2.30. The molecule has 31 heavy (non-hydrogen) atoms. The molecule has 3 aromatic rings. The molecule has 0 saturated heterocycles. The van der Waals surface area contributed by atoms with Crippen molar-refractivity contribution < 1.29 is 17.9 Å². The molecule has 0 aliphatic carbocycles. The molecule has 0 radical (unpaired) electrons. The summed E-state index contributed by atoms with van der Waals surface area (Å²) < 4.78 is 33.3. The molecule has 0 bridgehead atoms. The fraction of sp³-hybridized carbons (Fsp3) is 0.208. The number of sulfonamides is 1. The Morgan fingerprint density at radius 2 is 1.55 bits per heavy atom. The van der Waals surface area contributed by atoms with Crippen LogP contribution in [0.2, 0.25) is 0 Å². The van der Waals surface area contributed by atoms with Gasteiger partial charge in [-0.15, -0.1) is 0 Å². The molecule has 0 aliphatic heterocycles. The topological polar surface area (TPSA) is 84.5 Å². The quantitative estimate of drug-likeness (QED) is 0.532. The molecule has 7 heteroatoms. The van der Waals surface area contributed by atoms with Crippen LogP contribution in [0.4, 0.5) is 5.69 Å². The molecule has 0 saturated carbocycles. The molecule has 3 aromatic carbocycles. The Hall–Kier alpha value is -3.32. The SMILES string of the molecule is Cc1cc(C)cc(NS(=O)(=O)c2ccc(OCC(=O)NCCc3ccccc3)cc2)c1. The van der Waals surface area contributed by atoms with Gasteiger partial charge >= 0.3 is 0 Å². The fourth-order valence-corrected chi connectivity index (χ4v) is 4.19. The van der Waals surface area contributed by atoms with Gasteiger partial charge in [-0.05, 0) is 73.4 Å². The van der Waals surface area contributed by atoms with E-state index in [1.807, 2.05) is 50.2 Å². The van der Waals surface area contributed by atoms with Gasteiger partial charge in [0.2, 0.25) is 0 Å². The summed E-state index contributed by atoms with van der Waals surface area (Å²) in [5, 5.41) is 2.80. The average Bonchev–Trinajstić information content (AvgIpc) is 2.72. The normalized spacial score (nSPS) is 11.0. The Balaban J connectivity index is 1.50. The van der Waals surface area contributed by atoms with Crippen LogP contribution in [-0.2, 0) is 21.2 Å². The Labute approximate surface area is 183 Å². The predicted molar refractivity (Wildman–Crippen MR) is 122 cm³/mol. The molecular formula is C24H26N2O4S. The first-order valence-corrected chi connectivity index (χ1v) is 11.4. The average molecular weight is 439 g/mol. The first-order valence-electron chi connectivity index (χ1n) is 9.96. The van der Waals surface area contributed by atoms with Gasteiger partial charge in [0.15, 0.2) is 6.61 Å². The molecule has 0 spiro atoms. The first-order chi connectivity index (χ1) is 14.8. The van der Waals surface area contributed by atoms with Crippen molar-refractivity contribution in [1.29, 1.82) is 0 Å². The molecular weight excluding hydrogens is 412 g/mol. The number of hydrogen-bond donors (Lipinski definition) is 2. The van der Waals surface area contributed by atoms with Crippen molar-refractivity contribution in [2.45, 2.75) is 25.2 Å². The summed E-state index contributed by atoms with van der Waals surface area (Å²) in [6, 6.07) is 21.4. The summed E-state index contributed by atoms with van der Waals surface area (Å²) in [4.78, 5) is 12.1. The van der Waals surface area contributed by atoms with Gasteiger partial charge in [-0.2, -0.15) is 0 Å². The van der Waals surface area contributed by atoms with Gasteiger partial charge < -0.3 is 10.1 Å². The highest BCUT2D eigenvalue weighted by molar-refractivity contribution is 7.92. The van der Waals surface area contributed by atoms with Crippen LogP contribution in [0, 0.1) is 13.8 Å². The fourth-order valence-electron chi connectivity index (χ4n) is 3.15. The summed E-state index contributed by atoms with van der Waals surface area (Å²) in [7, 11) is -3.72. The zero-order chi connectivity index (χ0) is 22.3. The number of aryl methyl sites for hydroxylation is 2. The van der Waals surface area contributed by atoms with Gasteiger partial charge in [0, 0.05) is 12.2 Å². The number of carbonyl (C=O) groups is 1. The molecule has 6 nitrogen and oxygen atoms in total. The smallest absolute Gasteiger partial charge is 0.261 e. The van der Waals surface area contributed by atoms with E-state index in [9.17, 15) is 13.2 Å². The van der Waals surface area contributed by atoms with Gasteiger partial charge in [-0.1, -0.05) is 36.4 Å². The largest absolute Gasteiger partial charge is 0.484 e. The van der Waals surface area contributed by atoms with E-state index in [0.29, 0.717) is 18.0 Å². The Bertz CT molecular complexity index is 1110. The van der Waals surface area contributed by atoms with Gasteiger partial charge in [-0.3, -0.25) is 9.52 Å². The summed E-state index contributed by atoms with van der Waals surface area (Å²) >= 11 is 0. The van der Waals surface area contributed by atoms with Crippen molar-refractivity contribution in [3.63, 3.8) is 0 Å². The van der Waals surface area contributed by atoms with Crippen LogP contribution in [0.5, 0.6) is 5.75 Å². The molecule has 0 atom stereocenters. The van der Waals surface area contributed by atoms with Crippen molar-refractivity contribution in [1.82, 2.24) is 5.32 Å². The molecule has 3 rings (SSSR count). The van der Waals surface area contributed by atoms with E-state index < -0.39 is 10.0 Å². The maximum Gasteiger partial charge on any atom is 0.261 e. The number of rotatable bonds is 9. The van der Waals surface area contributed by atoms with Gasteiger partial charge in [0.1, 0.15) is 5.75 Å². The molecule has 0 unspecified atom stereocenters. The first kappa shape index (κ1) is 22.4. The highest BCUT2D eigenvalue weighted by atomic mass is 32.2. The molecule has 0 fully saturated rings. The summed E-state index contributed by atoms with van der Waals surface area (Å²) in [5.41, 5.74) is 3.62. The second kappa shape index (κ2) is 10.1. The Morgan fingerprint density at radius 1 is 0.903 bits per heavy atom. The summed E-state index contributed by atoms with van der Waals surface area (Å²) in [6.07, 6.45) is 0.743. The lowest BCUT2D eigenvalue weighted by atomic mass is 10.1. The second-order valence-electron chi connectivity index (χ2n) is 7.33. The number of amides is 1. The van der Waals surface area contributed by atoms with Crippen LogP contribution in [0.1, 0.15) is 16.7 Å². The van der Waals surface area contributed by atoms with Gasteiger partial charge in [0.25, 0.3) is 15.9 Å². The Morgan fingerprint density at radius 3 is 2.19 bits per heavy atom. The minimum atomic E-state index is -3.72. The number of anilines is 1. The van der Waals surface area contributed by atoms with Gasteiger partial charge in [-0.25, -0.2) is 8.42 Å². The molecule has 2 N–H and O–H groups in total. The number of hydrogen-bond acceptors (Lipinski definition) is 4. The third-order valence-corrected chi connectivity index (χ3v) is 5.95. The lowest BCUT2D eigenvalue weighted by molar-refractivity contribution is -0.123. The second-order valence-corrected chi connectivity index (χ2v) is 9.01. The zero-order valence-electron chi connectivity index (χ0n) is 17.6. The van der Waals surface area contributed by atoms with Crippen LogP contribution in [0.15, 0.2) is 77.7 Å². The van der Waals surface area contributed by atoms with E-state index in [0.717, 1.165) is 23.1 Å². The number of carbonyl (C=O) groups excluding carboxylic acids is 1. The highest BCUT2D eigenvalue weighted by Gasteiger charge is 2.15. The molecule has 0 aliphatic rings. The molecule has 1 amide bonds. The van der Waals surface area contributed by atoms with Crippen LogP contribution < -0.4 is 14.8 Å². The monoisotopic (exact) mass is 438 g/mol. The van der Waals surface area contributed by atoms with Crippen molar-refractivity contribution in [3.8, 4) is 5.75 Å².